The first-order chi connectivity index (χ1) is 18.2. The highest BCUT2D eigenvalue weighted by atomic mass is 19.3. The van der Waals surface area contributed by atoms with Crippen LogP contribution in [0.5, 0.6) is 5.88 Å². The molecule has 202 valence electrons. The minimum atomic E-state index is -2.51. The van der Waals surface area contributed by atoms with Crippen LogP contribution in [0.2, 0.25) is 0 Å². The van der Waals surface area contributed by atoms with Crippen molar-refractivity contribution in [2.75, 3.05) is 25.5 Å². The number of nitrogens with zero attached hydrogens (tertiary/aromatic N) is 6. The van der Waals surface area contributed by atoms with Crippen LogP contribution in [-0.4, -0.2) is 73.7 Å². The number of anilines is 1. The van der Waals surface area contributed by atoms with Crippen LogP contribution in [0.3, 0.4) is 0 Å². The molecule has 1 aliphatic heterocycles. The molecule has 6 rings (SSSR count). The number of methoxy groups -OCH3 is 1. The fourth-order valence-corrected chi connectivity index (χ4v) is 5.69. The third kappa shape index (κ3) is 4.55. The molecule has 0 bridgehead atoms. The van der Waals surface area contributed by atoms with Crippen molar-refractivity contribution in [2.24, 2.45) is 0 Å². The lowest BCUT2D eigenvalue weighted by atomic mass is 9.85. The van der Waals surface area contributed by atoms with E-state index in [0.717, 1.165) is 37.1 Å². The molecule has 2 fully saturated rings. The van der Waals surface area contributed by atoms with Crippen LogP contribution in [0.15, 0.2) is 30.5 Å². The molecule has 0 atom stereocenters. The van der Waals surface area contributed by atoms with Crippen LogP contribution in [0, 0.1) is 6.92 Å². The third-order valence-electron chi connectivity index (χ3n) is 7.69. The summed E-state index contributed by atoms with van der Waals surface area (Å²) in [6, 6.07) is 7.58. The maximum atomic E-state index is 13.2. The summed E-state index contributed by atoms with van der Waals surface area (Å²) in [7, 11) is 1.54. The normalized spacial score (nSPS) is 18.9. The molecule has 1 aliphatic carbocycles. The van der Waals surface area contributed by atoms with E-state index >= 15 is 0 Å². The Morgan fingerprint density at radius 2 is 1.89 bits per heavy atom. The first-order valence-electron chi connectivity index (χ1n) is 12.8. The van der Waals surface area contributed by atoms with Crippen molar-refractivity contribution < 1.29 is 22.3 Å². The molecule has 2 aliphatic rings. The summed E-state index contributed by atoms with van der Waals surface area (Å²) in [5.74, 6) is -1.17. The lowest BCUT2D eigenvalue weighted by Crippen LogP contribution is -2.54. The van der Waals surface area contributed by atoms with Gasteiger partial charge in [-0.05, 0) is 43.5 Å². The quantitative estimate of drug-likeness (QED) is 0.339. The molecule has 38 heavy (non-hydrogen) atoms. The lowest BCUT2D eigenvalue weighted by Gasteiger charge is -2.45. The molecule has 0 spiro atoms. The Bertz CT molecular complexity index is 1470. The van der Waals surface area contributed by atoms with Crippen LogP contribution < -0.4 is 10.1 Å². The number of aryl methyl sites for hydroxylation is 1. The maximum absolute atomic E-state index is 13.2. The van der Waals surface area contributed by atoms with Crippen molar-refractivity contribution in [1.82, 2.24) is 29.0 Å². The molecule has 4 heterocycles. The van der Waals surface area contributed by atoms with Crippen molar-refractivity contribution >= 4 is 22.5 Å². The number of halogens is 4. The SMILES string of the molecule is COc1nc(NC2CCN(C3CC(F)(F)C3)CC2)nn2ccc(-c3ccc4nc(C)n(CC(F)F)c4c3)c12. The number of aromatic nitrogens is 5. The van der Waals surface area contributed by atoms with E-state index in [2.05, 4.69) is 25.3 Å². The van der Waals surface area contributed by atoms with E-state index in [1.807, 2.05) is 30.5 Å². The average Bonchev–Trinajstić information content (AvgIpc) is 3.43. The molecule has 8 nitrogen and oxygen atoms in total. The summed E-state index contributed by atoms with van der Waals surface area (Å²) in [5, 5.41) is 8.01. The second-order valence-electron chi connectivity index (χ2n) is 10.2. The van der Waals surface area contributed by atoms with Crippen LogP contribution in [0.4, 0.5) is 23.5 Å². The van der Waals surface area contributed by atoms with E-state index in [1.165, 1.54) is 4.57 Å². The molecule has 1 aromatic carbocycles. The smallest absolute Gasteiger partial charge is 0.256 e. The molecular formula is C26H29F4N7O. The highest BCUT2D eigenvalue weighted by Gasteiger charge is 2.48. The van der Waals surface area contributed by atoms with Gasteiger partial charge in [-0.3, -0.25) is 4.90 Å². The number of imidazole rings is 1. The zero-order chi connectivity index (χ0) is 26.6. The topological polar surface area (TPSA) is 72.5 Å². The first kappa shape index (κ1) is 24.9. The molecule has 0 amide bonds. The molecular weight excluding hydrogens is 502 g/mol. The maximum Gasteiger partial charge on any atom is 0.256 e. The lowest BCUT2D eigenvalue weighted by molar-refractivity contribution is -0.127. The average molecular weight is 532 g/mol. The monoisotopic (exact) mass is 531 g/mol. The second-order valence-corrected chi connectivity index (χ2v) is 10.2. The van der Waals surface area contributed by atoms with Gasteiger partial charge in [0.25, 0.3) is 12.3 Å². The summed E-state index contributed by atoms with van der Waals surface area (Å²) in [4.78, 5) is 11.2. The summed E-state index contributed by atoms with van der Waals surface area (Å²) < 4.78 is 61.7. The van der Waals surface area contributed by atoms with E-state index < -0.39 is 18.9 Å². The highest BCUT2D eigenvalue weighted by molar-refractivity contribution is 5.89. The van der Waals surface area contributed by atoms with Gasteiger partial charge in [-0.1, -0.05) is 6.07 Å². The third-order valence-corrected chi connectivity index (χ3v) is 7.69. The molecule has 1 saturated carbocycles. The van der Waals surface area contributed by atoms with Gasteiger partial charge in [-0.15, -0.1) is 5.10 Å². The van der Waals surface area contributed by atoms with Gasteiger partial charge in [-0.25, -0.2) is 27.1 Å². The molecule has 4 aromatic rings. The number of nitrogens with one attached hydrogen (secondary N) is 1. The molecule has 1 N–H and O–H groups in total. The number of benzene rings is 1. The Kier molecular flexibility index (Phi) is 6.16. The zero-order valence-electron chi connectivity index (χ0n) is 21.2. The van der Waals surface area contributed by atoms with Gasteiger partial charge in [0.15, 0.2) is 0 Å². The van der Waals surface area contributed by atoms with Crippen LogP contribution in [0.25, 0.3) is 27.7 Å². The number of fused-ring (bicyclic) bond motifs is 2. The number of alkyl halides is 4. The predicted molar refractivity (Wildman–Crippen MR) is 135 cm³/mol. The zero-order valence-corrected chi connectivity index (χ0v) is 21.2. The van der Waals surface area contributed by atoms with E-state index in [1.54, 1.807) is 18.5 Å². The Morgan fingerprint density at radius 1 is 1.13 bits per heavy atom. The molecule has 0 radical (unpaired) electrons. The number of hydrogen-bond donors (Lipinski definition) is 1. The Morgan fingerprint density at radius 3 is 2.58 bits per heavy atom. The first-order valence-corrected chi connectivity index (χ1v) is 12.8. The van der Waals surface area contributed by atoms with Crippen molar-refractivity contribution in [2.45, 2.75) is 63.6 Å². The minimum absolute atomic E-state index is 0.0194. The van der Waals surface area contributed by atoms with Gasteiger partial charge >= 0.3 is 0 Å². The Labute approximate surface area is 216 Å². The van der Waals surface area contributed by atoms with Crippen molar-refractivity contribution in [1.29, 1.82) is 0 Å². The number of hydrogen-bond acceptors (Lipinski definition) is 6. The Hall–Kier alpha value is -3.41. The number of rotatable bonds is 7. The van der Waals surface area contributed by atoms with Gasteiger partial charge in [0.05, 0.1) is 24.7 Å². The highest BCUT2D eigenvalue weighted by Crippen LogP contribution is 2.41. The van der Waals surface area contributed by atoms with E-state index in [4.69, 9.17) is 4.74 Å². The number of likely N-dealkylation sites (tertiary alicyclic amines) is 1. The minimum Gasteiger partial charge on any atom is -0.479 e. The summed E-state index contributed by atoms with van der Waals surface area (Å²) in [6.07, 6.45) is 0.867. The predicted octanol–water partition coefficient (Wildman–Crippen LogP) is 5.00. The van der Waals surface area contributed by atoms with E-state index in [9.17, 15) is 17.6 Å². The molecule has 12 heteroatoms. The van der Waals surface area contributed by atoms with Gasteiger partial charge in [-0.2, -0.15) is 4.98 Å². The Balaban J connectivity index is 1.23. The summed E-state index contributed by atoms with van der Waals surface area (Å²) >= 11 is 0. The largest absolute Gasteiger partial charge is 0.479 e. The number of piperidine rings is 1. The summed E-state index contributed by atoms with van der Waals surface area (Å²) in [5.41, 5.74) is 3.57. The van der Waals surface area contributed by atoms with Crippen molar-refractivity contribution in [3.05, 3.63) is 36.3 Å². The fourth-order valence-electron chi connectivity index (χ4n) is 5.69. The van der Waals surface area contributed by atoms with Gasteiger partial charge < -0.3 is 14.6 Å². The van der Waals surface area contributed by atoms with E-state index in [-0.39, 0.29) is 24.9 Å². The number of ether oxygens (including phenoxy) is 1. The van der Waals surface area contributed by atoms with Crippen molar-refractivity contribution in [3.63, 3.8) is 0 Å². The van der Waals surface area contributed by atoms with Crippen LogP contribution in [-0.2, 0) is 6.54 Å². The standard InChI is InChI=1S/C26H29F4N7O/c1-15-31-20-4-3-16(11-21(20)36(15)14-22(27)28)19-7-10-37-23(19)24(38-2)33-25(34-37)32-17-5-8-35(9-6-17)18-12-26(29,30)13-18/h3-4,7,10-11,17-18,22H,5-6,8-9,12-14H2,1-2H3,(H,32,34). The van der Waals surface area contributed by atoms with Crippen LogP contribution in [0.1, 0.15) is 31.5 Å². The molecule has 1 saturated heterocycles. The van der Waals surface area contributed by atoms with Gasteiger partial charge in [0, 0.05) is 49.8 Å². The molecule has 3 aromatic heterocycles. The van der Waals surface area contributed by atoms with Gasteiger partial charge in [0.1, 0.15) is 11.3 Å². The van der Waals surface area contributed by atoms with Crippen molar-refractivity contribution in [3.8, 4) is 17.0 Å². The van der Waals surface area contributed by atoms with E-state index in [0.29, 0.717) is 34.2 Å². The molecule has 0 unspecified atom stereocenters. The van der Waals surface area contributed by atoms with Crippen LogP contribution >= 0.6 is 0 Å². The second kappa shape index (κ2) is 9.40. The fraction of sp³-hybridized carbons (Fsp3) is 0.500. The summed E-state index contributed by atoms with van der Waals surface area (Å²) in [6.45, 7) is 2.82. The van der Waals surface area contributed by atoms with Gasteiger partial charge in [0.2, 0.25) is 11.8 Å².